The molecule has 7 nitrogen and oxygen atoms in total. The highest BCUT2D eigenvalue weighted by atomic mass is 32.2. The summed E-state index contributed by atoms with van der Waals surface area (Å²) in [6, 6.07) is 9.78. The molecule has 0 spiro atoms. The fraction of sp³-hybridized carbons (Fsp3) is 0.500. The number of carbonyl (C=O) groups is 1. The van der Waals surface area contributed by atoms with Crippen LogP contribution in [0.15, 0.2) is 40.3 Å². The lowest BCUT2D eigenvalue weighted by Gasteiger charge is -2.20. The molecule has 4 aliphatic rings. The molecule has 1 saturated carbocycles. The highest BCUT2D eigenvalue weighted by molar-refractivity contribution is 8.00. The summed E-state index contributed by atoms with van der Waals surface area (Å²) >= 11 is 1.47. The first-order chi connectivity index (χ1) is 15.6. The molecule has 0 radical (unpaired) electrons. The van der Waals surface area contributed by atoms with Gasteiger partial charge in [0, 0.05) is 18.3 Å². The number of thioether (sulfide) groups is 1. The average molecular weight is 452 g/mol. The van der Waals surface area contributed by atoms with Crippen molar-refractivity contribution >= 4 is 17.7 Å². The Balaban J connectivity index is 1.52. The molecule has 32 heavy (non-hydrogen) atoms. The van der Waals surface area contributed by atoms with E-state index in [4.69, 9.17) is 4.98 Å². The van der Waals surface area contributed by atoms with Crippen molar-refractivity contribution in [1.82, 2.24) is 24.6 Å². The van der Waals surface area contributed by atoms with Gasteiger partial charge in [-0.05, 0) is 51.2 Å². The van der Waals surface area contributed by atoms with E-state index in [1.165, 1.54) is 29.3 Å². The number of rotatable bonds is 5. The van der Waals surface area contributed by atoms with E-state index in [9.17, 15) is 9.59 Å². The summed E-state index contributed by atoms with van der Waals surface area (Å²) in [5.41, 5.74) is 2.24. The Bertz CT molecular complexity index is 1130. The van der Waals surface area contributed by atoms with E-state index in [0.29, 0.717) is 17.4 Å². The lowest BCUT2D eigenvalue weighted by Crippen LogP contribution is -2.37. The van der Waals surface area contributed by atoms with Gasteiger partial charge in [-0.15, -0.1) is 5.10 Å². The largest absolute Gasteiger partial charge is 0.352 e. The Morgan fingerprint density at radius 3 is 2.69 bits per heavy atom. The minimum Gasteiger partial charge on any atom is -0.352 e. The zero-order chi connectivity index (χ0) is 22.1. The van der Waals surface area contributed by atoms with Crippen LogP contribution in [-0.2, 0) is 17.8 Å². The summed E-state index contributed by atoms with van der Waals surface area (Å²) in [5, 5.41) is 8.30. The molecule has 5 rings (SSSR count). The lowest BCUT2D eigenvalue weighted by molar-refractivity contribution is -0.120. The van der Waals surface area contributed by atoms with Crippen molar-refractivity contribution in [2.75, 3.05) is 0 Å². The lowest BCUT2D eigenvalue weighted by atomic mass is 10.1. The molecule has 0 unspecified atom stereocenters. The number of nitrogens with zero attached hydrogens (tertiary/aromatic N) is 4. The molecule has 3 aliphatic heterocycles. The zero-order valence-corrected chi connectivity index (χ0v) is 19.2. The molecule has 3 heterocycles. The summed E-state index contributed by atoms with van der Waals surface area (Å²) in [4.78, 5) is 30.9. The number of hydrogen-bond donors (Lipinski definition) is 1. The number of nitrogens with one attached hydrogen (secondary N) is 1. The van der Waals surface area contributed by atoms with E-state index in [1.807, 2.05) is 37.3 Å². The third kappa shape index (κ3) is 4.08. The second-order valence-electron chi connectivity index (χ2n) is 8.80. The van der Waals surface area contributed by atoms with Crippen LogP contribution in [0.25, 0.3) is 17.1 Å². The molecule has 1 N–H and O–H groups in total. The highest BCUT2D eigenvalue weighted by Crippen LogP contribution is 2.32. The first-order valence-corrected chi connectivity index (χ1v) is 12.5. The summed E-state index contributed by atoms with van der Waals surface area (Å²) in [5.74, 6) is 0.531. The monoisotopic (exact) mass is 451 g/mol. The van der Waals surface area contributed by atoms with Crippen molar-refractivity contribution in [2.45, 2.75) is 81.3 Å². The van der Waals surface area contributed by atoms with Crippen LogP contribution in [-0.4, -0.2) is 36.5 Å². The van der Waals surface area contributed by atoms with Crippen molar-refractivity contribution in [3.8, 4) is 17.1 Å². The van der Waals surface area contributed by atoms with Crippen LogP contribution < -0.4 is 10.9 Å². The van der Waals surface area contributed by atoms with Gasteiger partial charge in [-0.2, -0.15) is 4.68 Å². The van der Waals surface area contributed by atoms with E-state index in [2.05, 4.69) is 15.0 Å². The summed E-state index contributed by atoms with van der Waals surface area (Å²) < 4.78 is 3.62. The number of amides is 1. The number of hydrogen-bond acceptors (Lipinski definition) is 5. The van der Waals surface area contributed by atoms with Gasteiger partial charge in [0.2, 0.25) is 5.91 Å². The van der Waals surface area contributed by atoms with Gasteiger partial charge in [0.15, 0.2) is 11.0 Å². The molecule has 168 valence electrons. The van der Waals surface area contributed by atoms with Crippen LogP contribution in [0.1, 0.15) is 57.6 Å². The number of benzene rings is 1. The third-order valence-electron chi connectivity index (χ3n) is 6.52. The van der Waals surface area contributed by atoms with Gasteiger partial charge in [-0.25, -0.2) is 4.98 Å². The number of carbonyl (C=O) groups excluding carboxylic acids is 1. The number of fused-ring (bicyclic) bond motifs is 3. The van der Waals surface area contributed by atoms with Crippen LogP contribution in [0.5, 0.6) is 0 Å². The molecule has 0 aromatic heterocycles. The van der Waals surface area contributed by atoms with Crippen molar-refractivity contribution in [3.63, 3.8) is 0 Å². The van der Waals surface area contributed by atoms with Gasteiger partial charge in [0.25, 0.3) is 5.56 Å². The van der Waals surface area contributed by atoms with Crippen molar-refractivity contribution < 1.29 is 4.79 Å². The summed E-state index contributed by atoms with van der Waals surface area (Å²) in [7, 11) is 0. The maximum atomic E-state index is 13.3. The van der Waals surface area contributed by atoms with Gasteiger partial charge in [0.1, 0.15) is 5.56 Å². The van der Waals surface area contributed by atoms with E-state index in [0.717, 1.165) is 61.6 Å². The second kappa shape index (κ2) is 9.10. The second-order valence-corrected chi connectivity index (χ2v) is 10.1. The van der Waals surface area contributed by atoms with Crippen LogP contribution in [0.4, 0.5) is 0 Å². The Kier molecular flexibility index (Phi) is 6.04. The summed E-state index contributed by atoms with van der Waals surface area (Å²) in [6.07, 6.45) is 8.54. The van der Waals surface area contributed by atoms with Crippen molar-refractivity contribution in [3.05, 3.63) is 46.4 Å². The number of para-hydroxylation sites is 1. The van der Waals surface area contributed by atoms with Crippen LogP contribution in [0.3, 0.4) is 0 Å². The molecular weight excluding hydrogens is 422 g/mol. The van der Waals surface area contributed by atoms with Gasteiger partial charge in [-0.3, -0.25) is 9.59 Å². The van der Waals surface area contributed by atoms with Gasteiger partial charge < -0.3 is 9.88 Å². The maximum Gasteiger partial charge on any atom is 0.284 e. The Hall–Kier alpha value is -2.61. The zero-order valence-electron chi connectivity index (χ0n) is 18.4. The van der Waals surface area contributed by atoms with E-state index >= 15 is 0 Å². The van der Waals surface area contributed by atoms with Gasteiger partial charge in [-0.1, -0.05) is 49.2 Å². The van der Waals surface area contributed by atoms with Gasteiger partial charge >= 0.3 is 0 Å². The van der Waals surface area contributed by atoms with Crippen LogP contribution in [0.2, 0.25) is 0 Å². The molecule has 1 aromatic rings. The van der Waals surface area contributed by atoms with Crippen molar-refractivity contribution in [1.29, 1.82) is 0 Å². The Morgan fingerprint density at radius 1 is 1.12 bits per heavy atom. The molecule has 8 heteroatoms. The molecule has 0 saturated heterocycles. The molecule has 0 bridgehead atoms. The average Bonchev–Trinajstić information content (AvgIpc) is 3.34. The van der Waals surface area contributed by atoms with Crippen LogP contribution >= 0.6 is 11.8 Å². The third-order valence-corrected chi connectivity index (χ3v) is 7.61. The first-order valence-electron chi connectivity index (χ1n) is 11.7. The highest BCUT2D eigenvalue weighted by Gasteiger charge is 2.29. The normalized spacial score (nSPS) is 17.8. The summed E-state index contributed by atoms with van der Waals surface area (Å²) in [6.45, 7) is 2.75. The predicted octanol–water partition coefficient (Wildman–Crippen LogP) is 3.80. The number of aromatic nitrogens is 4. The molecular formula is C24H29N5O2S. The molecule has 1 fully saturated rings. The van der Waals surface area contributed by atoms with E-state index in [-0.39, 0.29) is 16.7 Å². The fourth-order valence-electron chi connectivity index (χ4n) is 4.79. The van der Waals surface area contributed by atoms with E-state index < -0.39 is 0 Å². The van der Waals surface area contributed by atoms with Crippen LogP contribution in [0, 0.1) is 0 Å². The standard InChI is InChI=1S/C24H29N5O2S/c1-16(22(30)25-17-10-7-8-11-17)32-24-26-21-20(19-14-6-3-9-15-28(19)24)23(31)29(27-21)18-12-4-2-5-13-18/h2,4-5,12-13,16-17H,3,6-11,14-15H2,1H3,(H,25,30)/t16-/m1/s1. The smallest absolute Gasteiger partial charge is 0.284 e. The quantitative estimate of drug-likeness (QED) is 0.471. The molecule has 1 atom stereocenters. The van der Waals surface area contributed by atoms with Gasteiger partial charge in [0.05, 0.1) is 10.9 Å². The molecule has 1 aromatic carbocycles. The minimum atomic E-state index is -0.261. The first kappa shape index (κ1) is 21.2. The van der Waals surface area contributed by atoms with E-state index in [1.54, 1.807) is 0 Å². The Labute approximate surface area is 192 Å². The SMILES string of the molecule is C[C@@H](Sc1nc2nn(-c3ccccc3)c(=O)c-2c2n1CCCCC2)C(=O)NC1CCCC1. The Morgan fingerprint density at radius 2 is 1.91 bits per heavy atom. The molecule has 1 aliphatic carbocycles. The molecule has 1 amide bonds. The topological polar surface area (TPSA) is 81.8 Å². The maximum absolute atomic E-state index is 13.3. The van der Waals surface area contributed by atoms with Crippen molar-refractivity contribution in [2.24, 2.45) is 0 Å². The minimum absolute atomic E-state index is 0.0612. The fourth-order valence-corrected chi connectivity index (χ4v) is 5.75. The predicted molar refractivity (Wildman–Crippen MR) is 126 cm³/mol.